The highest BCUT2D eigenvalue weighted by molar-refractivity contribution is 7.86. The number of nitrogens with one attached hydrogen (secondary N) is 1. The first-order valence-electron chi connectivity index (χ1n) is 8.39. The number of aromatic nitrogens is 1. The van der Waals surface area contributed by atoms with Crippen LogP contribution in [0, 0.1) is 13.8 Å². The Balaban J connectivity index is 1.84. The van der Waals surface area contributed by atoms with Crippen LogP contribution in [-0.4, -0.2) is 20.3 Å². The van der Waals surface area contributed by atoms with E-state index >= 15 is 0 Å². The van der Waals surface area contributed by atoms with Crippen LogP contribution in [0.3, 0.4) is 0 Å². The lowest BCUT2D eigenvalue weighted by Gasteiger charge is -2.07. The molecule has 0 amide bonds. The van der Waals surface area contributed by atoms with Gasteiger partial charge in [0.2, 0.25) is 0 Å². The molecule has 0 aliphatic heterocycles. The zero-order valence-corrected chi connectivity index (χ0v) is 16.2. The molecule has 0 fully saturated rings. The highest BCUT2D eigenvalue weighted by atomic mass is 32.2. The van der Waals surface area contributed by atoms with Gasteiger partial charge >= 0.3 is 5.97 Å². The Hall–Kier alpha value is -1.73. The van der Waals surface area contributed by atoms with E-state index in [1.807, 2.05) is 38.1 Å². The predicted molar refractivity (Wildman–Crippen MR) is 102 cm³/mol. The number of anilines is 1. The monoisotopic (exact) mass is 380 g/mol. The summed E-state index contributed by atoms with van der Waals surface area (Å²) in [6.45, 7) is 3.84. The molecule has 0 aliphatic rings. The van der Waals surface area contributed by atoms with Crippen molar-refractivity contribution in [2.24, 2.45) is 0 Å². The fourth-order valence-corrected chi connectivity index (χ4v) is 4.50. The molecule has 7 heteroatoms. The van der Waals surface area contributed by atoms with Crippen molar-refractivity contribution in [1.82, 2.24) is 4.98 Å². The van der Waals surface area contributed by atoms with Gasteiger partial charge in [-0.3, -0.25) is 9.52 Å². The van der Waals surface area contributed by atoms with E-state index in [2.05, 4.69) is 9.71 Å². The minimum Gasteiger partial charge on any atom is -0.481 e. The summed E-state index contributed by atoms with van der Waals surface area (Å²) < 4.78 is 15.6. The Bertz CT molecular complexity index is 744. The Morgan fingerprint density at radius 2 is 2.00 bits per heavy atom. The molecule has 0 saturated heterocycles. The van der Waals surface area contributed by atoms with E-state index in [9.17, 15) is 9.00 Å². The Kier molecular flexibility index (Phi) is 7.58. The van der Waals surface area contributed by atoms with Gasteiger partial charge in [-0.25, -0.2) is 9.19 Å². The number of thiazole rings is 1. The highest BCUT2D eigenvalue weighted by Gasteiger charge is 2.10. The average Bonchev–Trinajstić information content (AvgIpc) is 2.88. The molecule has 0 aliphatic carbocycles. The van der Waals surface area contributed by atoms with Gasteiger partial charge in [0.1, 0.15) is 5.00 Å². The third-order valence-corrected chi connectivity index (χ3v) is 6.00. The number of carboxylic acids is 1. The lowest BCUT2D eigenvalue weighted by Crippen LogP contribution is -2.05. The fraction of sp³-hybridized carbons (Fsp3) is 0.444. The first kappa shape index (κ1) is 19.6. The first-order chi connectivity index (χ1) is 12.0. The van der Waals surface area contributed by atoms with E-state index in [0.29, 0.717) is 0 Å². The molecule has 0 bridgehead atoms. The third-order valence-electron chi connectivity index (χ3n) is 3.81. The average molecular weight is 381 g/mol. The zero-order chi connectivity index (χ0) is 18.2. The molecule has 1 atom stereocenters. The standard InChI is InChI=1S/C18H24N2O3S2/c1-13-18(24-14(2)19-13)20-25(23)16-10-7-9-15(12-16)8-5-3-4-6-11-17(21)22/h7,9-10,12,20H,3-6,8,11H2,1-2H3,(H,21,22). The molecule has 136 valence electrons. The molecule has 0 spiro atoms. The molecule has 1 aromatic carbocycles. The number of hydrogen-bond donors (Lipinski definition) is 2. The number of aryl methyl sites for hydroxylation is 3. The number of carbonyl (C=O) groups is 1. The van der Waals surface area contributed by atoms with E-state index < -0.39 is 17.0 Å². The fourth-order valence-electron chi connectivity index (χ4n) is 2.54. The van der Waals surface area contributed by atoms with Gasteiger partial charge in [-0.15, -0.1) is 11.3 Å². The summed E-state index contributed by atoms with van der Waals surface area (Å²) in [4.78, 5) is 15.6. The van der Waals surface area contributed by atoms with E-state index in [1.165, 1.54) is 11.3 Å². The molecule has 1 aromatic heterocycles. The summed E-state index contributed by atoms with van der Waals surface area (Å²) in [6, 6.07) is 7.81. The van der Waals surface area contributed by atoms with Crippen molar-refractivity contribution in [3.8, 4) is 0 Å². The molecule has 0 saturated carbocycles. The van der Waals surface area contributed by atoms with Gasteiger partial charge in [0, 0.05) is 6.42 Å². The maximum absolute atomic E-state index is 12.5. The van der Waals surface area contributed by atoms with Gasteiger partial charge in [-0.2, -0.15) is 0 Å². The van der Waals surface area contributed by atoms with Crippen LogP contribution in [0.2, 0.25) is 0 Å². The maximum atomic E-state index is 12.5. The van der Waals surface area contributed by atoms with Crippen LogP contribution >= 0.6 is 11.3 Å². The van der Waals surface area contributed by atoms with Crippen molar-refractivity contribution >= 4 is 33.3 Å². The summed E-state index contributed by atoms with van der Waals surface area (Å²) in [5, 5.41) is 10.4. The van der Waals surface area contributed by atoms with Gasteiger partial charge in [0.15, 0.2) is 11.0 Å². The second kappa shape index (κ2) is 9.68. The second-order valence-electron chi connectivity index (χ2n) is 5.97. The van der Waals surface area contributed by atoms with E-state index in [1.54, 1.807) is 0 Å². The van der Waals surface area contributed by atoms with Crippen LogP contribution < -0.4 is 4.72 Å². The zero-order valence-electron chi connectivity index (χ0n) is 14.6. The molecular weight excluding hydrogens is 356 g/mol. The number of benzene rings is 1. The number of aliphatic carboxylic acids is 1. The summed E-state index contributed by atoms with van der Waals surface area (Å²) in [7, 11) is -1.30. The number of nitrogens with zero attached hydrogens (tertiary/aromatic N) is 1. The van der Waals surface area contributed by atoms with Crippen LogP contribution in [0.15, 0.2) is 29.2 Å². The normalized spacial score (nSPS) is 12.1. The smallest absolute Gasteiger partial charge is 0.303 e. The van der Waals surface area contributed by atoms with Crippen molar-refractivity contribution < 1.29 is 14.1 Å². The summed E-state index contributed by atoms with van der Waals surface area (Å²) in [5.74, 6) is -0.728. The number of unbranched alkanes of at least 4 members (excludes halogenated alkanes) is 3. The SMILES string of the molecule is Cc1nc(C)c(NS(=O)c2cccc(CCCCCCC(=O)O)c2)s1. The summed E-state index contributed by atoms with van der Waals surface area (Å²) >= 11 is 1.51. The largest absolute Gasteiger partial charge is 0.481 e. The van der Waals surface area contributed by atoms with Crippen molar-refractivity contribution in [3.05, 3.63) is 40.5 Å². The van der Waals surface area contributed by atoms with Crippen molar-refractivity contribution in [2.45, 2.75) is 57.3 Å². The maximum Gasteiger partial charge on any atom is 0.303 e. The lowest BCUT2D eigenvalue weighted by molar-refractivity contribution is -0.137. The number of hydrogen-bond acceptors (Lipinski definition) is 4. The highest BCUT2D eigenvalue weighted by Crippen LogP contribution is 2.25. The lowest BCUT2D eigenvalue weighted by atomic mass is 10.1. The van der Waals surface area contributed by atoms with Crippen molar-refractivity contribution in [3.63, 3.8) is 0 Å². The van der Waals surface area contributed by atoms with Crippen LogP contribution in [0.25, 0.3) is 0 Å². The van der Waals surface area contributed by atoms with E-state index in [4.69, 9.17) is 5.11 Å². The van der Waals surface area contributed by atoms with Crippen molar-refractivity contribution in [1.29, 1.82) is 0 Å². The van der Waals surface area contributed by atoms with Crippen LogP contribution in [-0.2, 0) is 22.2 Å². The molecule has 5 nitrogen and oxygen atoms in total. The molecule has 1 unspecified atom stereocenters. The molecule has 0 radical (unpaired) electrons. The quantitative estimate of drug-likeness (QED) is 0.596. The minimum absolute atomic E-state index is 0.247. The van der Waals surface area contributed by atoms with E-state index in [-0.39, 0.29) is 6.42 Å². The summed E-state index contributed by atoms with van der Waals surface area (Å²) in [5.41, 5.74) is 2.02. The van der Waals surface area contributed by atoms with E-state index in [0.717, 1.165) is 58.3 Å². The van der Waals surface area contributed by atoms with Crippen molar-refractivity contribution in [2.75, 3.05) is 4.72 Å². The summed E-state index contributed by atoms with van der Waals surface area (Å²) in [6.07, 6.45) is 4.85. The molecule has 25 heavy (non-hydrogen) atoms. The van der Waals surface area contributed by atoms with Gasteiger partial charge in [0.25, 0.3) is 0 Å². The van der Waals surface area contributed by atoms with Crippen LogP contribution in [0.1, 0.15) is 48.4 Å². The predicted octanol–water partition coefficient (Wildman–Crippen LogP) is 4.47. The Labute approximate surface area is 155 Å². The third kappa shape index (κ3) is 6.59. The van der Waals surface area contributed by atoms with Gasteiger partial charge < -0.3 is 5.11 Å². The molecule has 2 aromatic rings. The molecule has 2 rings (SSSR count). The topological polar surface area (TPSA) is 79.3 Å². The van der Waals surface area contributed by atoms with Gasteiger partial charge in [-0.05, 0) is 50.8 Å². The number of carboxylic acid groups (broad SMARTS) is 1. The first-order valence-corrected chi connectivity index (χ1v) is 10.4. The number of rotatable bonds is 10. The molecular formula is C18H24N2O3S2. The van der Waals surface area contributed by atoms with Gasteiger partial charge in [-0.1, -0.05) is 25.0 Å². The molecule has 2 N–H and O–H groups in total. The van der Waals surface area contributed by atoms with Crippen LogP contribution in [0.4, 0.5) is 5.00 Å². The van der Waals surface area contributed by atoms with Gasteiger partial charge in [0.05, 0.1) is 15.6 Å². The van der Waals surface area contributed by atoms with Crippen LogP contribution in [0.5, 0.6) is 0 Å². The minimum atomic E-state index is -1.30. The Morgan fingerprint density at radius 1 is 1.24 bits per heavy atom. The Morgan fingerprint density at radius 3 is 2.68 bits per heavy atom. The molecule has 1 heterocycles. The second-order valence-corrected chi connectivity index (χ2v) is 8.39.